The molecule has 1 aliphatic rings. The number of thiazole rings is 1. The van der Waals surface area contributed by atoms with E-state index in [1.165, 1.54) is 54.4 Å². The topological polar surface area (TPSA) is 28.2 Å². The maximum atomic E-state index is 4.91. The molecule has 1 aromatic rings. The van der Waals surface area contributed by atoms with Crippen molar-refractivity contribution in [3.05, 3.63) is 15.6 Å². The fourth-order valence-corrected chi connectivity index (χ4v) is 3.93. The number of unbranched alkanes of at least 4 members (excludes halogenated alkanes) is 1. The second-order valence-electron chi connectivity index (χ2n) is 6.08. The van der Waals surface area contributed by atoms with Gasteiger partial charge >= 0.3 is 0 Å². The Labute approximate surface area is 127 Å². The minimum absolute atomic E-state index is 0.529. The van der Waals surface area contributed by atoms with E-state index >= 15 is 0 Å². The molecule has 114 valence electrons. The first-order chi connectivity index (χ1) is 9.70. The molecule has 0 radical (unpaired) electrons. The van der Waals surface area contributed by atoms with Crippen molar-refractivity contribution in [3.63, 3.8) is 0 Å². The number of aromatic nitrogens is 1. The SMILES string of the molecule is CCCCNCc1sc(CN2CCCC2)nc1C(C)C. The minimum Gasteiger partial charge on any atom is -0.312 e. The highest BCUT2D eigenvalue weighted by Crippen LogP contribution is 2.26. The highest BCUT2D eigenvalue weighted by atomic mass is 32.1. The third-order valence-corrected chi connectivity index (χ3v) is 4.92. The Morgan fingerprint density at radius 2 is 2.05 bits per heavy atom. The van der Waals surface area contributed by atoms with Gasteiger partial charge in [0.1, 0.15) is 5.01 Å². The Kier molecular flexibility index (Phi) is 6.46. The van der Waals surface area contributed by atoms with Crippen LogP contribution in [0.25, 0.3) is 0 Å². The lowest BCUT2D eigenvalue weighted by molar-refractivity contribution is 0.330. The van der Waals surface area contributed by atoms with Gasteiger partial charge in [-0.2, -0.15) is 0 Å². The lowest BCUT2D eigenvalue weighted by Gasteiger charge is -2.11. The summed E-state index contributed by atoms with van der Waals surface area (Å²) >= 11 is 1.92. The average molecular weight is 295 g/mol. The van der Waals surface area contributed by atoms with Crippen LogP contribution >= 0.6 is 11.3 Å². The third-order valence-electron chi connectivity index (χ3n) is 3.87. The molecule has 0 aliphatic carbocycles. The van der Waals surface area contributed by atoms with E-state index < -0.39 is 0 Å². The van der Waals surface area contributed by atoms with Crippen molar-refractivity contribution >= 4 is 11.3 Å². The van der Waals surface area contributed by atoms with Gasteiger partial charge in [0.2, 0.25) is 0 Å². The van der Waals surface area contributed by atoms with Gasteiger partial charge in [0.15, 0.2) is 0 Å². The number of hydrogen-bond acceptors (Lipinski definition) is 4. The molecule has 20 heavy (non-hydrogen) atoms. The zero-order chi connectivity index (χ0) is 14.4. The van der Waals surface area contributed by atoms with Crippen LogP contribution in [0.15, 0.2) is 0 Å². The molecular weight excluding hydrogens is 266 g/mol. The van der Waals surface area contributed by atoms with Crippen LogP contribution in [0, 0.1) is 0 Å². The highest BCUT2D eigenvalue weighted by Gasteiger charge is 2.17. The summed E-state index contributed by atoms with van der Waals surface area (Å²) < 4.78 is 0. The number of nitrogens with zero attached hydrogens (tertiary/aromatic N) is 2. The molecular formula is C16H29N3S. The first kappa shape index (κ1) is 15.9. The van der Waals surface area contributed by atoms with Crippen LogP contribution in [-0.2, 0) is 13.1 Å². The van der Waals surface area contributed by atoms with Gasteiger partial charge < -0.3 is 5.32 Å². The molecule has 1 fully saturated rings. The van der Waals surface area contributed by atoms with Crippen molar-refractivity contribution in [3.8, 4) is 0 Å². The molecule has 1 N–H and O–H groups in total. The van der Waals surface area contributed by atoms with E-state index in [1.807, 2.05) is 11.3 Å². The van der Waals surface area contributed by atoms with Crippen LogP contribution in [0.4, 0.5) is 0 Å². The van der Waals surface area contributed by atoms with Crippen molar-refractivity contribution in [1.82, 2.24) is 15.2 Å². The minimum atomic E-state index is 0.529. The maximum Gasteiger partial charge on any atom is 0.107 e. The first-order valence-corrected chi connectivity index (χ1v) is 8.94. The molecule has 1 saturated heterocycles. The van der Waals surface area contributed by atoms with Crippen LogP contribution in [0.1, 0.15) is 68.0 Å². The van der Waals surface area contributed by atoms with Crippen molar-refractivity contribution in [2.45, 2.75) is 65.5 Å². The smallest absolute Gasteiger partial charge is 0.107 e. The normalized spacial score (nSPS) is 16.4. The van der Waals surface area contributed by atoms with Gasteiger partial charge in [0.05, 0.1) is 12.2 Å². The van der Waals surface area contributed by atoms with E-state index in [0.717, 1.165) is 19.6 Å². The van der Waals surface area contributed by atoms with Gasteiger partial charge in [0.25, 0.3) is 0 Å². The Balaban J connectivity index is 1.95. The fraction of sp³-hybridized carbons (Fsp3) is 0.812. The summed E-state index contributed by atoms with van der Waals surface area (Å²) in [6.07, 6.45) is 5.23. The molecule has 0 bridgehead atoms. The molecule has 1 aromatic heterocycles. The van der Waals surface area contributed by atoms with E-state index in [1.54, 1.807) is 0 Å². The molecule has 4 heteroatoms. The molecule has 2 heterocycles. The number of rotatable bonds is 8. The number of likely N-dealkylation sites (tertiary alicyclic amines) is 1. The van der Waals surface area contributed by atoms with Crippen molar-refractivity contribution < 1.29 is 0 Å². The van der Waals surface area contributed by atoms with Gasteiger partial charge in [-0.1, -0.05) is 27.2 Å². The molecule has 1 aliphatic heterocycles. The molecule has 0 aromatic carbocycles. The van der Waals surface area contributed by atoms with E-state index in [-0.39, 0.29) is 0 Å². The Hall–Kier alpha value is -0.450. The van der Waals surface area contributed by atoms with Crippen molar-refractivity contribution in [1.29, 1.82) is 0 Å². The number of hydrogen-bond donors (Lipinski definition) is 1. The zero-order valence-electron chi connectivity index (χ0n) is 13.2. The summed E-state index contributed by atoms with van der Waals surface area (Å²) in [4.78, 5) is 8.90. The third kappa shape index (κ3) is 4.54. The monoisotopic (exact) mass is 295 g/mol. The molecule has 3 nitrogen and oxygen atoms in total. The second kappa shape index (κ2) is 8.11. The largest absolute Gasteiger partial charge is 0.312 e. The zero-order valence-corrected chi connectivity index (χ0v) is 14.1. The summed E-state index contributed by atoms with van der Waals surface area (Å²) in [5.74, 6) is 0.529. The van der Waals surface area contributed by atoms with Crippen LogP contribution in [0.5, 0.6) is 0 Å². The van der Waals surface area contributed by atoms with Crippen LogP contribution in [0.2, 0.25) is 0 Å². The van der Waals surface area contributed by atoms with Crippen molar-refractivity contribution in [2.24, 2.45) is 0 Å². The fourth-order valence-electron chi connectivity index (χ4n) is 2.70. The summed E-state index contributed by atoms with van der Waals surface area (Å²) in [7, 11) is 0. The van der Waals surface area contributed by atoms with Gasteiger partial charge in [-0.15, -0.1) is 11.3 Å². The molecule has 0 spiro atoms. The standard InChI is InChI=1S/C16H29N3S/c1-4-5-8-17-11-14-16(13(2)3)18-15(20-14)12-19-9-6-7-10-19/h13,17H,4-12H2,1-3H3. The van der Waals surface area contributed by atoms with E-state index in [2.05, 4.69) is 31.0 Å². The first-order valence-electron chi connectivity index (χ1n) is 8.12. The quantitative estimate of drug-likeness (QED) is 0.740. The van der Waals surface area contributed by atoms with Gasteiger partial charge in [-0.05, 0) is 44.8 Å². The Morgan fingerprint density at radius 3 is 2.70 bits per heavy atom. The average Bonchev–Trinajstić information content (AvgIpc) is 3.05. The Morgan fingerprint density at radius 1 is 1.30 bits per heavy atom. The molecule has 0 amide bonds. The van der Waals surface area contributed by atoms with E-state index in [0.29, 0.717) is 5.92 Å². The predicted molar refractivity (Wildman–Crippen MR) is 87.3 cm³/mol. The van der Waals surface area contributed by atoms with Crippen LogP contribution in [0.3, 0.4) is 0 Å². The lowest BCUT2D eigenvalue weighted by atomic mass is 10.1. The summed E-state index contributed by atoms with van der Waals surface area (Å²) in [5, 5.41) is 4.87. The van der Waals surface area contributed by atoms with E-state index in [4.69, 9.17) is 4.98 Å². The second-order valence-corrected chi connectivity index (χ2v) is 7.25. The van der Waals surface area contributed by atoms with Crippen molar-refractivity contribution in [2.75, 3.05) is 19.6 Å². The lowest BCUT2D eigenvalue weighted by Crippen LogP contribution is -2.18. The van der Waals surface area contributed by atoms with Crippen LogP contribution < -0.4 is 5.32 Å². The predicted octanol–water partition coefficient (Wildman–Crippen LogP) is 3.75. The highest BCUT2D eigenvalue weighted by molar-refractivity contribution is 7.11. The summed E-state index contributed by atoms with van der Waals surface area (Å²) in [5.41, 5.74) is 1.31. The number of nitrogens with one attached hydrogen (secondary N) is 1. The summed E-state index contributed by atoms with van der Waals surface area (Å²) in [6.45, 7) is 12.4. The van der Waals surface area contributed by atoms with E-state index in [9.17, 15) is 0 Å². The van der Waals surface area contributed by atoms with Gasteiger partial charge in [-0.25, -0.2) is 4.98 Å². The maximum absolute atomic E-state index is 4.91. The molecule has 0 atom stereocenters. The molecule has 0 unspecified atom stereocenters. The van der Waals surface area contributed by atoms with Gasteiger partial charge in [-0.3, -0.25) is 4.90 Å². The molecule has 2 rings (SSSR count). The van der Waals surface area contributed by atoms with Gasteiger partial charge in [0, 0.05) is 11.4 Å². The Bertz CT molecular complexity index is 394. The van der Waals surface area contributed by atoms with Crippen LogP contribution in [-0.4, -0.2) is 29.5 Å². The molecule has 0 saturated carbocycles. The summed E-state index contributed by atoms with van der Waals surface area (Å²) in [6, 6.07) is 0.